The fourth-order valence-electron chi connectivity index (χ4n) is 4.42. The van der Waals surface area contributed by atoms with Gasteiger partial charge in [-0.2, -0.15) is 0 Å². The second-order valence-corrected chi connectivity index (χ2v) is 8.03. The van der Waals surface area contributed by atoms with Crippen LogP contribution < -0.4 is 4.74 Å². The van der Waals surface area contributed by atoms with Gasteiger partial charge in [0.2, 0.25) is 5.88 Å². The maximum Gasteiger partial charge on any atom is 0.222 e. The van der Waals surface area contributed by atoms with E-state index in [2.05, 4.69) is 15.0 Å². The highest BCUT2D eigenvalue weighted by Gasteiger charge is 2.28. The highest BCUT2D eigenvalue weighted by Crippen LogP contribution is 2.42. The van der Waals surface area contributed by atoms with Gasteiger partial charge in [0.25, 0.3) is 0 Å². The fourth-order valence-corrected chi connectivity index (χ4v) is 4.42. The van der Waals surface area contributed by atoms with E-state index in [1.54, 1.807) is 18.3 Å². The average molecular weight is 413 g/mol. The van der Waals surface area contributed by atoms with Crippen molar-refractivity contribution in [1.82, 2.24) is 15.0 Å². The van der Waals surface area contributed by atoms with Gasteiger partial charge in [0.15, 0.2) is 6.29 Å². The van der Waals surface area contributed by atoms with Gasteiger partial charge in [-0.1, -0.05) is 18.2 Å². The number of para-hydroxylation sites is 2. The molecule has 1 aliphatic carbocycles. The molecule has 156 valence electrons. The number of benzene rings is 2. The van der Waals surface area contributed by atoms with Crippen LogP contribution in [0.4, 0.5) is 0 Å². The van der Waals surface area contributed by atoms with Crippen molar-refractivity contribution >= 4 is 17.3 Å². The van der Waals surface area contributed by atoms with Gasteiger partial charge in [-0.3, -0.25) is 4.79 Å². The van der Waals surface area contributed by atoms with Gasteiger partial charge >= 0.3 is 0 Å². The van der Waals surface area contributed by atoms with Crippen LogP contribution in [0.2, 0.25) is 0 Å². The third-order valence-electron chi connectivity index (χ3n) is 6.05. The third-order valence-corrected chi connectivity index (χ3v) is 6.05. The largest absolute Gasteiger partial charge is 0.439 e. The number of H-pyrrole nitrogens is 1. The second-order valence-electron chi connectivity index (χ2n) is 8.03. The minimum atomic E-state index is 0.223. The lowest BCUT2D eigenvalue weighted by molar-refractivity contribution is 0.112. The number of aliphatic hydroxyl groups excluding tert-OH is 1. The highest BCUT2D eigenvalue weighted by molar-refractivity contribution is 5.89. The van der Waals surface area contributed by atoms with Gasteiger partial charge < -0.3 is 14.8 Å². The van der Waals surface area contributed by atoms with Crippen LogP contribution in [0.5, 0.6) is 11.6 Å². The van der Waals surface area contributed by atoms with Crippen molar-refractivity contribution < 1.29 is 14.6 Å². The van der Waals surface area contributed by atoms with Crippen LogP contribution in [0.25, 0.3) is 22.4 Å². The van der Waals surface area contributed by atoms with E-state index in [1.165, 1.54) is 0 Å². The summed E-state index contributed by atoms with van der Waals surface area (Å²) in [4.78, 5) is 24.0. The van der Waals surface area contributed by atoms with Crippen molar-refractivity contribution in [2.75, 3.05) is 6.61 Å². The number of fused-ring (bicyclic) bond motifs is 1. The predicted molar refractivity (Wildman–Crippen MR) is 118 cm³/mol. The number of imidazole rings is 1. The van der Waals surface area contributed by atoms with E-state index in [0.717, 1.165) is 42.1 Å². The number of ether oxygens (including phenoxy) is 1. The Morgan fingerprint density at radius 1 is 1.13 bits per heavy atom. The van der Waals surface area contributed by atoms with E-state index in [9.17, 15) is 9.90 Å². The summed E-state index contributed by atoms with van der Waals surface area (Å²) < 4.78 is 6.20. The molecule has 0 unspecified atom stereocenters. The van der Waals surface area contributed by atoms with E-state index >= 15 is 0 Å². The molecule has 4 aromatic rings. The van der Waals surface area contributed by atoms with Crippen LogP contribution in [0.15, 0.2) is 60.8 Å². The van der Waals surface area contributed by atoms with Gasteiger partial charge in [-0.15, -0.1) is 0 Å². The summed E-state index contributed by atoms with van der Waals surface area (Å²) in [5, 5.41) is 9.49. The molecular weight excluding hydrogens is 390 g/mol. The Labute approximate surface area is 179 Å². The number of aromatic amines is 1. The van der Waals surface area contributed by atoms with Crippen LogP contribution in [0.3, 0.4) is 0 Å². The van der Waals surface area contributed by atoms with Crippen LogP contribution >= 0.6 is 0 Å². The fraction of sp³-hybridized carbons (Fsp3) is 0.240. The lowest BCUT2D eigenvalue weighted by atomic mass is 9.97. The molecular formula is C25H23N3O3. The van der Waals surface area contributed by atoms with E-state index < -0.39 is 0 Å². The third kappa shape index (κ3) is 3.82. The number of pyridine rings is 1. The number of nitrogens with zero attached hydrogens (tertiary/aromatic N) is 2. The molecule has 0 bridgehead atoms. The van der Waals surface area contributed by atoms with Gasteiger partial charge in [0, 0.05) is 29.5 Å². The lowest BCUT2D eigenvalue weighted by Gasteiger charge is -2.15. The molecule has 1 saturated carbocycles. The quantitative estimate of drug-likeness (QED) is 0.429. The number of aliphatic hydroxyl groups is 1. The molecule has 2 aromatic heterocycles. The molecule has 0 radical (unpaired) electrons. The maximum atomic E-state index is 11.7. The maximum absolute atomic E-state index is 11.7. The lowest BCUT2D eigenvalue weighted by Crippen LogP contribution is -2.02. The molecule has 1 aliphatic rings. The van der Waals surface area contributed by atoms with Crippen molar-refractivity contribution in [2.45, 2.75) is 25.2 Å². The summed E-state index contributed by atoms with van der Waals surface area (Å²) in [6.07, 6.45) is 5.51. The molecule has 2 heterocycles. The Hall–Kier alpha value is -3.51. The van der Waals surface area contributed by atoms with Crippen molar-refractivity contribution in [3.05, 3.63) is 71.9 Å². The van der Waals surface area contributed by atoms with Gasteiger partial charge in [0.1, 0.15) is 11.6 Å². The van der Waals surface area contributed by atoms with Crippen molar-refractivity contribution in [2.24, 2.45) is 5.92 Å². The molecule has 1 fully saturated rings. The minimum Gasteiger partial charge on any atom is -0.439 e. The van der Waals surface area contributed by atoms with Crippen LogP contribution in [-0.2, 0) is 0 Å². The SMILES string of the molecule is O=Cc1ccc(Oc2ncccc2[C@H]2CC[C@H](CO)C2)cc1-c1nc2ccccc2[nH]1. The first-order valence-corrected chi connectivity index (χ1v) is 10.5. The molecule has 2 atom stereocenters. The number of aldehydes is 1. The first-order valence-electron chi connectivity index (χ1n) is 10.5. The smallest absolute Gasteiger partial charge is 0.222 e. The molecule has 6 nitrogen and oxygen atoms in total. The predicted octanol–water partition coefficient (Wildman–Crippen LogP) is 5.11. The van der Waals surface area contributed by atoms with E-state index in [1.807, 2.05) is 42.5 Å². The summed E-state index contributed by atoms with van der Waals surface area (Å²) in [6, 6.07) is 17.1. The molecule has 31 heavy (non-hydrogen) atoms. The Morgan fingerprint density at radius 2 is 2.03 bits per heavy atom. The van der Waals surface area contributed by atoms with E-state index in [0.29, 0.717) is 40.4 Å². The molecule has 6 heteroatoms. The Kier molecular flexibility index (Phi) is 5.22. The summed E-state index contributed by atoms with van der Waals surface area (Å²) in [5.74, 6) is 2.45. The monoisotopic (exact) mass is 413 g/mol. The summed E-state index contributed by atoms with van der Waals surface area (Å²) in [6.45, 7) is 0.223. The van der Waals surface area contributed by atoms with Gasteiger partial charge in [0.05, 0.1) is 11.0 Å². The molecule has 2 aromatic carbocycles. The van der Waals surface area contributed by atoms with E-state index in [-0.39, 0.29) is 6.61 Å². The normalized spacial score (nSPS) is 18.4. The van der Waals surface area contributed by atoms with E-state index in [4.69, 9.17) is 4.74 Å². The minimum absolute atomic E-state index is 0.223. The second kappa shape index (κ2) is 8.32. The Morgan fingerprint density at radius 3 is 2.84 bits per heavy atom. The molecule has 0 spiro atoms. The molecule has 5 rings (SSSR count). The number of hydrogen-bond donors (Lipinski definition) is 2. The zero-order valence-electron chi connectivity index (χ0n) is 17.0. The molecule has 0 aliphatic heterocycles. The van der Waals surface area contributed by atoms with Crippen molar-refractivity contribution in [3.63, 3.8) is 0 Å². The number of rotatable bonds is 6. The topological polar surface area (TPSA) is 88.1 Å². The number of aromatic nitrogens is 3. The Balaban J connectivity index is 1.49. The Bertz CT molecular complexity index is 1200. The van der Waals surface area contributed by atoms with Crippen LogP contribution in [0.1, 0.15) is 41.1 Å². The molecule has 0 saturated heterocycles. The summed E-state index contributed by atoms with van der Waals surface area (Å²) in [7, 11) is 0. The average Bonchev–Trinajstić information content (AvgIpc) is 3.46. The van der Waals surface area contributed by atoms with Crippen LogP contribution in [-0.4, -0.2) is 33.0 Å². The van der Waals surface area contributed by atoms with Crippen molar-refractivity contribution in [1.29, 1.82) is 0 Å². The van der Waals surface area contributed by atoms with Crippen molar-refractivity contribution in [3.8, 4) is 23.0 Å². The number of nitrogens with one attached hydrogen (secondary N) is 1. The highest BCUT2D eigenvalue weighted by atomic mass is 16.5. The standard InChI is InChI=1S/C25H23N3O3/c29-14-16-7-8-17(12-16)20-4-3-11-26-25(20)31-19-10-9-18(15-30)21(13-19)24-27-22-5-1-2-6-23(22)28-24/h1-6,9-11,13,15-17,29H,7-8,12,14H2,(H,27,28)/t16-,17-/m0/s1. The number of carbonyl (C=O) groups excluding carboxylic acids is 1. The van der Waals surface area contributed by atoms with Gasteiger partial charge in [-0.25, -0.2) is 9.97 Å². The zero-order valence-corrected chi connectivity index (χ0v) is 17.0. The summed E-state index contributed by atoms with van der Waals surface area (Å²) >= 11 is 0. The molecule has 2 N–H and O–H groups in total. The number of carbonyl (C=O) groups is 1. The van der Waals surface area contributed by atoms with Gasteiger partial charge in [-0.05, 0) is 67.5 Å². The molecule has 0 amide bonds. The summed E-state index contributed by atoms with van der Waals surface area (Å²) in [5.41, 5.74) is 4.03. The first-order chi connectivity index (χ1) is 15.2. The zero-order chi connectivity index (χ0) is 21.2. The number of hydrogen-bond acceptors (Lipinski definition) is 5. The van der Waals surface area contributed by atoms with Crippen LogP contribution in [0, 0.1) is 5.92 Å². The first kappa shape index (κ1) is 19.5.